The molecule has 104 valence electrons. The highest BCUT2D eigenvalue weighted by Crippen LogP contribution is 2.27. The largest absolute Gasteiger partial charge is 0.368 e. The lowest BCUT2D eigenvalue weighted by Gasteiger charge is -2.39. The quantitative estimate of drug-likeness (QED) is 0.855. The summed E-state index contributed by atoms with van der Waals surface area (Å²) in [5.41, 5.74) is 6.36. The zero-order chi connectivity index (χ0) is 13.8. The Bertz CT molecular complexity index is 452. The number of amides is 1. The van der Waals surface area contributed by atoms with Gasteiger partial charge in [0.15, 0.2) is 0 Å². The van der Waals surface area contributed by atoms with Crippen LogP contribution in [-0.4, -0.2) is 36.5 Å². The molecular weight excluding hydrogens is 245 g/mol. The van der Waals surface area contributed by atoms with Gasteiger partial charge in [0, 0.05) is 25.7 Å². The maximum absolute atomic E-state index is 13.4. The van der Waals surface area contributed by atoms with Gasteiger partial charge in [0.1, 0.15) is 11.9 Å². The summed E-state index contributed by atoms with van der Waals surface area (Å²) in [7, 11) is 0. The van der Waals surface area contributed by atoms with Crippen LogP contribution in [-0.2, 0) is 4.79 Å². The molecule has 1 aromatic rings. The molecule has 2 atom stereocenters. The average molecular weight is 265 g/mol. The molecule has 1 aliphatic heterocycles. The van der Waals surface area contributed by atoms with Gasteiger partial charge in [0.2, 0.25) is 5.91 Å². The molecule has 2 rings (SSSR count). The molecule has 2 unspecified atom stereocenters. The Kier molecular flexibility index (Phi) is 4.50. The lowest BCUT2D eigenvalue weighted by Crippen LogP contribution is -2.57. The highest BCUT2D eigenvalue weighted by atomic mass is 19.1. The minimum Gasteiger partial charge on any atom is -0.368 e. The minimum atomic E-state index is -0.332. The van der Waals surface area contributed by atoms with E-state index in [1.165, 1.54) is 12.1 Å². The van der Waals surface area contributed by atoms with Crippen molar-refractivity contribution >= 4 is 5.91 Å². The van der Waals surface area contributed by atoms with Crippen molar-refractivity contribution in [3.05, 3.63) is 35.6 Å². The molecule has 1 fully saturated rings. The summed E-state index contributed by atoms with van der Waals surface area (Å²) in [5.74, 6) is -0.580. The number of hydrogen-bond donors (Lipinski definition) is 2. The van der Waals surface area contributed by atoms with Crippen molar-refractivity contribution < 1.29 is 9.18 Å². The van der Waals surface area contributed by atoms with E-state index in [-0.39, 0.29) is 23.8 Å². The van der Waals surface area contributed by atoms with Gasteiger partial charge in [0.05, 0.1) is 0 Å². The first kappa shape index (κ1) is 14.0. The lowest BCUT2D eigenvalue weighted by atomic mass is 9.99. The summed E-state index contributed by atoms with van der Waals surface area (Å²) in [5, 5.41) is 3.17. The van der Waals surface area contributed by atoms with E-state index in [0.717, 1.165) is 25.1 Å². The summed E-state index contributed by atoms with van der Waals surface area (Å²) in [6.45, 7) is 4.15. The molecule has 1 amide bonds. The number of nitrogens with zero attached hydrogens (tertiary/aromatic N) is 1. The van der Waals surface area contributed by atoms with Gasteiger partial charge in [-0.25, -0.2) is 4.39 Å². The van der Waals surface area contributed by atoms with Crippen molar-refractivity contribution in [2.75, 3.05) is 19.6 Å². The van der Waals surface area contributed by atoms with Crippen LogP contribution in [0.5, 0.6) is 0 Å². The number of carbonyl (C=O) groups excluding carboxylic acids is 1. The van der Waals surface area contributed by atoms with E-state index in [4.69, 9.17) is 5.73 Å². The monoisotopic (exact) mass is 265 g/mol. The van der Waals surface area contributed by atoms with Crippen molar-refractivity contribution in [3.63, 3.8) is 0 Å². The Labute approximate surface area is 112 Å². The standard InChI is InChI=1S/C14H20FN3O/c1-2-12(10-4-3-5-11(15)8-10)18-7-6-17-9-13(18)14(16)19/h3-5,8,12-13,17H,2,6-7,9H2,1H3,(H2,16,19). The molecule has 19 heavy (non-hydrogen) atoms. The van der Waals surface area contributed by atoms with Crippen LogP contribution in [0.3, 0.4) is 0 Å². The van der Waals surface area contributed by atoms with Gasteiger partial charge in [-0.05, 0) is 24.1 Å². The first-order chi connectivity index (χ1) is 9.13. The second-order valence-corrected chi connectivity index (χ2v) is 4.84. The van der Waals surface area contributed by atoms with E-state index in [2.05, 4.69) is 10.2 Å². The van der Waals surface area contributed by atoms with E-state index in [1.54, 1.807) is 6.07 Å². The van der Waals surface area contributed by atoms with Crippen LogP contribution in [0.1, 0.15) is 24.9 Å². The van der Waals surface area contributed by atoms with Crippen LogP contribution in [0.2, 0.25) is 0 Å². The van der Waals surface area contributed by atoms with Crippen LogP contribution in [0.25, 0.3) is 0 Å². The van der Waals surface area contributed by atoms with Crippen LogP contribution >= 0.6 is 0 Å². The number of benzene rings is 1. The summed E-state index contributed by atoms with van der Waals surface area (Å²) in [6.07, 6.45) is 0.813. The fraction of sp³-hybridized carbons (Fsp3) is 0.500. The highest BCUT2D eigenvalue weighted by molar-refractivity contribution is 5.80. The molecule has 0 radical (unpaired) electrons. The van der Waals surface area contributed by atoms with Crippen LogP contribution < -0.4 is 11.1 Å². The number of carbonyl (C=O) groups is 1. The third-order valence-electron chi connectivity index (χ3n) is 3.63. The summed E-state index contributed by atoms with van der Waals surface area (Å²) in [6, 6.07) is 6.26. The van der Waals surface area contributed by atoms with Gasteiger partial charge < -0.3 is 11.1 Å². The third kappa shape index (κ3) is 3.11. The topological polar surface area (TPSA) is 58.4 Å². The summed E-state index contributed by atoms with van der Waals surface area (Å²) >= 11 is 0. The molecule has 4 nitrogen and oxygen atoms in total. The van der Waals surface area contributed by atoms with Crippen molar-refractivity contribution in [3.8, 4) is 0 Å². The van der Waals surface area contributed by atoms with E-state index in [0.29, 0.717) is 6.54 Å². The van der Waals surface area contributed by atoms with Crippen LogP contribution in [0.4, 0.5) is 4.39 Å². The molecule has 0 aliphatic carbocycles. The first-order valence-corrected chi connectivity index (χ1v) is 6.64. The fourth-order valence-corrected chi connectivity index (χ4v) is 2.73. The van der Waals surface area contributed by atoms with Crippen molar-refractivity contribution in [1.29, 1.82) is 0 Å². The number of nitrogens with two attached hydrogens (primary N) is 1. The predicted molar refractivity (Wildman–Crippen MR) is 72.0 cm³/mol. The molecule has 0 saturated carbocycles. The SMILES string of the molecule is CCC(c1cccc(F)c1)N1CCNCC1C(N)=O. The first-order valence-electron chi connectivity index (χ1n) is 6.64. The third-order valence-corrected chi connectivity index (χ3v) is 3.63. The average Bonchev–Trinajstić information content (AvgIpc) is 2.40. The van der Waals surface area contributed by atoms with Crippen LogP contribution in [0.15, 0.2) is 24.3 Å². The second-order valence-electron chi connectivity index (χ2n) is 4.84. The molecule has 1 heterocycles. The molecule has 3 N–H and O–H groups in total. The maximum Gasteiger partial charge on any atom is 0.236 e. The number of primary amides is 1. The molecule has 0 spiro atoms. The van der Waals surface area contributed by atoms with E-state index in [9.17, 15) is 9.18 Å². The van der Waals surface area contributed by atoms with Crippen molar-refractivity contribution in [2.24, 2.45) is 5.73 Å². The molecule has 1 aromatic carbocycles. The Morgan fingerprint density at radius 2 is 2.42 bits per heavy atom. The van der Waals surface area contributed by atoms with E-state index in [1.807, 2.05) is 13.0 Å². The molecule has 0 aromatic heterocycles. The van der Waals surface area contributed by atoms with Gasteiger partial charge in [-0.1, -0.05) is 19.1 Å². The Morgan fingerprint density at radius 3 is 3.05 bits per heavy atom. The number of nitrogens with one attached hydrogen (secondary N) is 1. The molecule has 0 bridgehead atoms. The summed E-state index contributed by atoms with van der Waals surface area (Å²) in [4.78, 5) is 13.6. The predicted octanol–water partition coefficient (Wildman–Crippen LogP) is 1.04. The Morgan fingerprint density at radius 1 is 1.63 bits per heavy atom. The number of rotatable bonds is 4. The molecule has 5 heteroatoms. The molecule has 1 saturated heterocycles. The molecule has 1 aliphatic rings. The number of hydrogen-bond acceptors (Lipinski definition) is 3. The zero-order valence-electron chi connectivity index (χ0n) is 11.1. The van der Waals surface area contributed by atoms with E-state index >= 15 is 0 Å². The van der Waals surface area contributed by atoms with Crippen LogP contribution in [0, 0.1) is 5.82 Å². The second kappa shape index (κ2) is 6.12. The summed E-state index contributed by atoms with van der Waals surface area (Å²) < 4.78 is 13.4. The van der Waals surface area contributed by atoms with Crippen molar-refractivity contribution in [1.82, 2.24) is 10.2 Å². The normalized spacial score (nSPS) is 22.1. The smallest absolute Gasteiger partial charge is 0.236 e. The number of piperazine rings is 1. The lowest BCUT2D eigenvalue weighted by molar-refractivity contribution is -0.125. The van der Waals surface area contributed by atoms with Crippen molar-refractivity contribution in [2.45, 2.75) is 25.4 Å². The Balaban J connectivity index is 2.26. The Hall–Kier alpha value is -1.46. The van der Waals surface area contributed by atoms with Gasteiger partial charge in [-0.2, -0.15) is 0 Å². The zero-order valence-corrected chi connectivity index (χ0v) is 11.1. The van der Waals surface area contributed by atoms with E-state index < -0.39 is 0 Å². The van der Waals surface area contributed by atoms with Gasteiger partial charge in [-0.15, -0.1) is 0 Å². The van der Waals surface area contributed by atoms with Gasteiger partial charge in [-0.3, -0.25) is 9.69 Å². The maximum atomic E-state index is 13.4. The van der Waals surface area contributed by atoms with Gasteiger partial charge >= 0.3 is 0 Å². The fourth-order valence-electron chi connectivity index (χ4n) is 2.73. The molecular formula is C14H20FN3O. The number of halogens is 1. The highest BCUT2D eigenvalue weighted by Gasteiger charge is 2.32. The minimum absolute atomic E-state index is 0.0234. The van der Waals surface area contributed by atoms with Gasteiger partial charge in [0.25, 0.3) is 0 Å².